The Hall–Kier alpha value is -3.32. The van der Waals surface area contributed by atoms with Crippen molar-refractivity contribution in [3.05, 3.63) is 88.0 Å². The lowest BCUT2D eigenvalue weighted by Gasteiger charge is -2.38. The molecule has 7 heteroatoms. The van der Waals surface area contributed by atoms with Gasteiger partial charge in [0, 0.05) is 0 Å². The van der Waals surface area contributed by atoms with Crippen molar-refractivity contribution in [2.45, 2.75) is 110 Å². The van der Waals surface area contributed by atoms with Gasteiger partial charge in [0.05, 0.1) is 10.6 Å². The largest absolute Gasteiger partial charge is 0.487 e. The third kappa shape index (κ3) is 8.37. The lowest BCUT2D eigenvalue weighted by molar-refractivity contribution is 0.0562. The Bertz CT molecular complexity index is 1470. The fourth-order valence-corrected chi connectivity index (χ4v) is 6.72. The Labute approximate surface area is 252 Å². The molecule has 1 N–H and O–H groups in total. The van der Waals surface area contributed by atoms with E-state index in [1.165, 1.54) is 28.9 Å². The number of rotatable bonds is 12. The molecule has 1 heterocycles. The molecular weight excluding hydrogens is 546 g/mol. The molecule has 1 aliphatic heterocycles. The molecule has 0 saturated heterocycles. The fraction of sp³-hybridized carbons (Fsp3) is 0.457. The molecule has 0 spiro atoms. The Balaban J connectivity index is 1.70. The minimum absolute atomic E-state index is 0.0695. The van der Waals surface area contributed by atoms with E-state index in [-0.39, 0.29) is 16.2 Å². The zero-order chi connectivity index (χ0) is 31.1. The van der Waals surface area contributed by atoms with Crippen LogP contribution in [0.2, 0.25) is 0 Å². The highest BCUT2D eigenvalue weighted by atomic mass is 32.2. The maximum atomic E-state index is 13.3. The minimum Gasteiger partial charge on any atom is -0.487 e. The first-order valence-electron chi connectivity index (χ1n) is 14.8. The number of hydrogen-bond donors (Lipinski definition) is 1. The van der Waals surface area contributed by atoms with Crippen LogP contribution in [0.1, 0.15) is 96.3 Å². The highest BCUT2D eigenvalue weighted by Crippen LogP contribution is 2.43. The average molecular weight is 594 g/mol. The smallest absolute Gasteiger partial charge is 0.426 e. The van der Waals surface area contributed by atoms with Crippen LogP contribution in [0.15, 0.2) is 76.2 Å². The van der Waals surface area contributed by atoms with E-state index in [1.54, 1.807) is 31.2 Å². The van der Waals surface area contributed by atoms with Gasteiger partial charge in [-0.2, -0.15) is 4.31 Å². The number of amides is 1. The van der Waals surface area contributed by atoms with E-state index >= 15 is 0 Å². The highest BCUT2D eigenvalue weighted by molar-refractivity contribution is 7.93. The first kappa shape index (κ1) is 33.2. The van der Waals surface area contributed by atoms with Crippen molar-refractivity contribution in [1.82, 2.24) is 0 Å². The number of benzene rings is 2. The fourth-order valence-electron chi connectivity index (χ4n) is 5.35. The predicted molar refractivity (Wildman–Crippen MR) is 172 cm³/mol. The van der Waals surface area contributed by atoms with Crippen LogP contribution >= 0.6 is 0 Å². The number of nitrogens with zero attached hydrogens (tertiary/aromatic N) is 1. The Kier molecular flexibility index (Phi) is 11.2. The molecule has 1 unspecified atom stereocenters. The zero-order valence-corrected chi connectivity index (χ0v) is 27.1. The molecule has 1 aliphatic rings. The molecule has 0 radical (unpaired) electrons. The summed E-state index contributed by atoms with van der Waals surface area (Å²) in [5.41, 5.74) is 6.16. The van der Waals surface area contributed by atoms with Gasteiger partial charge >= 0.3 is 6.09 Å². The van der Waals surface area contributed by atoms with Crippen molar-refractivity contribution in [1.29, 1.82) is 0 Å². The van der Waals surface area contributed by atoms with Crippen LogP contribution in [0.5, 0.6) is 5.75 Å². The van der Waals surface area contributed by atoms with Crippen LogP contribution in [0.3, 0.4) is 0 Å². The number of ether oxygens (including phenoxy) is 1. The SMILES string of the molecule is CC(C)=CCC/C(C)=C/CC/C(C)=C/CCC1(C)CCc2cc(N(C(=O)O)S(=O)(=O)c3ccccc3)c(C)c(C)c2O1. The van der Waals surface area contributed by atoms with E-state index in [0.717, 1.165) is 61.8 Å². The summed E-state index contributed by atoms with van der Waals surface area (Å²) in [6.45, 7) is 14.4. The molecule has 2 aromatic carbocycles. The van der Waals surface area contributed by atoms with Crippen LogP contribution in [-0.4, -0.2) is 25.2 Å². The number of fused-ring (bicyclic) bond motifs is 1. The molecule has 1 atom stereocenters. The molecule has 0 aromatic heterocycles. The van der Waals surface area contributed by atoms with E-state index in [9.17, 15) is 18.3 Å². The number of aryl methyl sites for hydroxylation is 1. The highest BCUT2D eigenvalue weighted by Gasteiger charge is 2.37. The van der Waals surface area contributed by atoms with Gasteiger partial charge in [0.15, 0.2) is 0 Å². The molecule has 2 aromatic rings. The number of allylic oxidation sites excluding steroid dienone is 6. The molecule has 0 aliphatic carbocycles. The van der Waals surface area contributed by atoms with Gasteiger partial charge in [0.2, 0.25) is 0 Å². The van der Waals surface area contributed by atoms with Crippen molar-refractivity contribution in [2.75, 3.05) is 4.31 Å². The summed E-state index contributed by atoms with van der Waals surface area (Å²) in [6.07, 6.45) is 13.0. The quantitative estimate of drug-likeness (QED) is 0.248. The van der Waals surface area contributed by atoms with Crippen molar-refractivity contribution in [3.8, 4) is 5.75 Å². The average Bonchev–Trinajstić information content (AvgIpc) is 2.92. The number of sulfonamides is 1. The van der Waals surface area contributed by atoms with Gasteiger partial charge in [-0.3, -0.25) is 0 Å². The first-order valence-corrected chi connectivity index (χ1v) is 16.3. The minimum atomic E-state index is -4.30. The van der Waals surface area contributed by atoms with Crippen molar-refractivity contribution in [3.63, 3.8) is 0 Å². The number of anilines is 1. The van der Waals surface area contributed by atoms with E-state index in [0.29, 0.717) is 16.3 Å². The molecular formula is C35H47NO5S. The maximum Gasteiger partial charge on any atom is 0.426 e. The Morgan fingerprint density at radius 1 is 0.952 bits per heavy atom. The first-order chi connectivity index (χ1) is 19.7. The summed E-state index contributed by atoms with van der Waals surface area (Å²) >= 11 is 0. The van der Waals surface area contributed by atoms with Crippen LogP contribution < -0.4 is 9.04 Å². The van der Waals surface area contributed by atoms with E-state index in [4.69, 9.17) is 4.74 Å². The molecule has 42 heavy (non-hydrogen) atoms. The van der Waals surface area contributed by atoms with Gasteiger partial charge in [-0.25, -0.2) is 13.2 Å². The molecule has 0 bridgehead atoms. The molecule has 6 nitrogen and oxygen atoms in total. The van der Waals surface area contributed by atoms with Gasteiger partial charge < -0.3 is 9.84 Å². The van der Waals surface area contributed by atoms with E-state index < -0.39 is 16.1 Å². The lowest BCUT2D eigenvalue weighted by Crippen LogP contribution is -2.38. The summed E-state index contributed by atoms with van der Waals surface area (Å²) in [6, 6.07) is 9.33. The number of carbonyl (C=O) groups is 1. The molecule has 0 fully saturated rings. The number of hydrogen-bond acceptors (Lipinski definition) is 4. The molecule has 0 saturated carbocycles. The van der Waals surface area contributed by atoms with Crippen LogP contribution in [0.4, 0.5) is 10.5 Å². The van der Waals surface area contributed by atoms with Gasteiger partial charge in [-0.05, 0) is 135 Å². The molecule has 228 valence electrons. The van der Waals surface area contributed by atoms with Crippen molar-refractivity contribution in [2.24, 2.45) is 0 Å². The van der Waals surface area contributed by atoms with Crippen LogP contribution in [-0.2, 0) is 16.4 Å². The summed E-state index contributed by atoms with van der Waals surface area (Å²) in [4.78, 5) is 12.2. The van der Waals surface area contributed by atoms with E-state index in [1.807, 2.05) is 6.92 Å². The second-order valence-electron chi connectivity index (χ2n) is 12.0. The van der Waals surface area contributed by atoms with Gasteiger partial charge in [-0.15, -0.1) is 0 Å². The maximum absolute atomic E-state index is 13.3. The summed E-state index contributed by atoms with van der Waals surface area (Å²) in [7, 11) is -4.30. The summed E-state index contributed by atoms with van der Waals surface area (Å²) in [5, 5.41) is 10.0. The summed E-state index contributed by atoms with van der Waals surface area (Å²) in [5.74, 6) is 0.738. The zero-order valence-electron chi connectivity index (χ0n) is 26.3. The molecule has 3 rings (SSSR count). The van der Waals surface area contributed by atoms with Crippen molar-refractivity contribution >= 4 is 21.8 Å². The lowest BCUT2D eigenvalue weighted by atomic mass is 9.86. The Morgan fingerprint density at radius 2 is 1.55 bits per heavy atom. The van der Waals surface area contributed by atoms with Crippen molar-refractivity contribution < 1.29 is 23.1 Å². The predicted octanol–water partition coefficient (Wildman–Crippen LogP) is 9.46. The van der Waals surface area contributed by atoms with E-state index in [2.05, 4.69) is 52.8 Å². The Morgan fingerprint density at radius 3 is 2.14 bits per heavy atom. The second kappa shape index (κ2) is 14.2. The second-order valence-corrected chi connectivity index (χ2v) is 13.8. The topological polar surface area (TPSA) is 83.9 Å². The summed E-state index contributed by atoms with van der Waals surface area (Å²) < 4.78 is 33.8. The van der Waals surface area contributed by atoms with Crippen LogP contribution in [0, 0.1) is 13.8 Å². The van der Waals surface area contributed by atoms with Gasteiger partial charge in [0.1, 0.15) is 11.4 Å². The van der Waals surface area contributed by atoms with Crippen LogP contribution in [0.25, 0.3) is 0 Å². The number of carboxylic acid groups (broad SMARTS) is 1. The van der Waals surface area contributed by atoms with Gasteiger partial charge in [-0.1, -0.05) is 53.1 Å². The third-order valence-electron chi connectivity index (χ3n) is 8.12. The monoisotopic (exact) mass is 593 g/mol. The van der Waals surface area contributed by atoms with Gasteiger partial charge in [0.25, 0.3) is 10.0 Å². The third-order valence-corrected chi connectivity index (χ3v) is 9.83. The molecule has 1 amide bonds. The normalized spacial score (nSPS) is 17.3. The standard InChI is InChI=1S/C35H47NO5S/c1-25(2)14-11-15-26(3)16-12-17-27(4)18-13-22-35(7)23-21-30-24-32(28(5)29(6)33(30)41-35)36(34(37)38)42(39,40)31-19-9-8-10-20-31/h8-10,14,16,18-20,24H,11-13,15,17,21-23H2,1-7H3,(H,37,38)/b26-16+,27-18+.